The predicted molar refractivity (Wildman–Crippen MR) is 59.2 cm³/mol. The van der Waals surface area contributed by atoms with Gasteiger partial charge in [-0.25, -0.2) is 15.0 Å². The Bertz CT molecular complexity index is 564. The van der Waals surface area contributed by atoms with Crippen LogP contribution in [0, 0.1) is 5.95 Å². The number of pyridine rings is 1. The van der Waals surface area contributed by atoms with Crippen molar-refractivity contribution < 1.29 is 9.18 Å². The molecule has 86 valence electrons. The Morgan fingerprint density at radius 2 is 2.12 bits per heavy atom. The summed E-state index contributed by atoms with van der Waals surface area (Å²) in [5.41, 5.74) is -0.0615. The molecular formula is C10H6ClFN4O. The number of hydrogen-bond acceptors (Lipinski definition) is 4. The molecule has 0 atom stereocenters. The van der Waals surface area contributed by atoms with Crippen molar-refractivity contribution in [2.24, 2.45) is 0 Å². The standard InChI is InChI=1S/C10H6ClFN4O/c11-7-4-5-13-10(15-7)16-9(17)6-2-1-3-8(12)14-6/h1-5H,(H,13,15,16,17). The van der Waals surface area contributed by atoms with Crippen LogP contribution in [0.4, 0.5) is 10.3 Å². The highest BCUT2D eigenvalue weighted by molar-refractivity contribution is 6.29. The average molecular weight is 253 g/mol. The monoisotopic (exact) mass is 252 g/mol. The molecule has 0 spiro atoms. The van der Waals surface area contributed by atoms with E-state index in [1.54, 1.807) is 0 Å². The fourth-order valence-electron chi connectivity index (χ4n) is 1.10. The summed E-state index contributed by atoms with van der Waals surface area (Å²) in [7, 11) is 0. The maximum Gasteiger partial charge on any atom is 0.276 e. The minimum Gasteiger partial charge on any atom is -0.289 e. The van der Waals surface area contributed by atoms with Gasteiger partial charge < -0.3 is 0 Å². The molecule has 7 heteroatoms. The summed E-state index contributed by atoms with van der Waals surface area (Å²) in [5, 5.41) is 2.55. The second-order valence-corrected chi connectivity index (χ2v) is 3.39. The van der Waals surface area contributed by atoms with Gasteiger partial charge in [0.25, 0.3) is 5.91 Å². The molecule has 0 radical (unpaired) electrons. The third kappa shape index (κ3) is 2.94. The summed E-state index contributed by atoms with van der Waals surface area (Å²) in [5.74, 6) is -1.30. The quantitative estimate of drug-likeness (QED) is 0.655. The minimum atomic E-state index is -0.732. The van der Waals surface area contributed by atoms with Gasteiger partial charge in [-0.05, 0) is 18.2 Å². The molecule has 0 aromatic carbocycles. The first-order chi connectivity index (χ1) is 8.15. The fraction of sp³-hybridized carbons (Fsp3) is 0. The van der Waals surface area contributed by atoms with Gasteiger partial charge in [-0.1, -0.05) is 17.7 Å². The summed E-state index contributed by atoms with van der Waals surface area (Å²) >= 11 is 5.62. The first-order valence-electron chi connectivity index (χ1n) is 4.57. The van der Waals surface area contributed by atoms with Gasteiger partial charge in [0.1, 0.15) is 10.8 Å². The van der Waals surface area contributed by atoms with E-state index in [9.17, 15) is 9.18 Å². The molecule has 0 saturated heterocycles. The van der Waals surface area contributed by atoms with Crippen molar-refractivity contribution in [3.8, 4) is 0 Å². The van der Waals surface area contributed by atoms with Gasteiger partial charge in [-0.15, -0.1) is 0 Å². The molecule has 0 fully saturated rings. The molecule has 0 unspecified atom stereocenters. The zero-order chi connectivity index (χ0) is 12.3. The highest BCUT2D eigenvalue weighted by Gasteiger charge is 2.09. The molecule has 2 aromatic heterocycles. The lowest BCUT2D eigenvalue weighted by Gasteiger charge is -2.02. The maximum absolute atomic E-state index is 12.8. The van der Waals surface area contributed by atoms with Crippen LogP contribution < -0.4 is 5.32 Å². The second kappa shape index (κ2) is 4.84. The summed E-state index contributed by atoms with van der Waals surface area (Å²) in [6.07, 6.45) is 1.39. The van der Waals surface area contributed by atoms with Crippen LogP contribution in [-0.2, 0) is 0 Å². The van der Waals surface area contributed by atoms with Gasteiger partial charge in [0, 0.05) is 6.20 Å². The van der Waals surface area contributed by atoms with Crippen LogP contribution in [0.3, 0.4) is 0 Å². The number of amides is 1. The first-order valence-corrected chi connectivity index (χ1v) is 4.95. The second-order valence-electron chi connectivity index (χ2n) is 3.00. The Hall–Kier alpha value is -2.08. The van der Waals surface area contributed by atoms with Gasteiger partial charge in [0.05, 0.1) is 0 Å². The SMILES string of the molecule is O=C(Nc1nccc(Cl)n1)c1cccc(F)n1. The van der Waals surface area contributed by atoms with E-state index in [4.69, 9.17) is 11.6 Å². The van der Waals surface area contributed by atoms with E-state index in [0.29, 0.717) is 0 Å². The van der Waals surface area contributed by atoms with Crippen molar-refractivity contribution in [1.29, 1.82) is 0 Å². The van der Waals surface area contributed by atoms with Crippen LogP contribution in [-0.4, -0.2) is 20.9 Å². The molecule has 2 aromatic rings. The summed E-state index contributed by atoms with van der Waals surface area (Å²) < 4.78 is 12.8. The third-order valence-corrected chi connectivity index (χ3v) is 2.01. The van der Waals surface area contributed by atoms with E-state index in [2.05, 4.69) is 20.3 Å². The van der Waals surface area contributed by atoms with Crippen LogP contribution in [0.1, 0.15) is 10.5 Å². The Morgan fingerprint density at radius 1 is 1.29 bits per heavy atom. The number of carbonyl (C=O) groups excluding carboxylic acids is 1. The molecule has 0 aliphatic carbocycles. The van der Waals surface area contributed by atoms with Crippen LogP contribution in [0.15, 0.2) is 30.5 Å². The van der Waals surface area contributed by atoms with Gasteiger partial charge >= 0.3 is 0 Å². The van der Waals surface area contributed by atoms with E-state index in [1.165, 1.54) is 24.4 Å². The van der Waals surface area contributed by atoms with Crippen LogP contribution in [0.5, 0.6) is 0 Å². The normalized spacial score (nSPS) is 10.0. The van der Waals surface area contributed by atoms with Crippen LogP contribution in [0.2, 0.25) is 5.15 Å². The predicted octanol–water partition coefficient (Wildman–Crippen LogP) is 1.92. The minimum absolute atomic E-state index is 0.0357. The molecule has 1 N–H and O–H groups in total. The van der Waals surface area contributed by atoms with E-state index in [0.717, 1.165) is 6.07 Å². The molecule has 0 bridgehead atoms. The Kier molecular flexibility index (Phi) is 3.24. The molecule has 0 aliphatic heterocycles. The van der Waals surface area contributed by atoms with Gasteiger partial charge in [0.15, 0.2) is 0 Å². The van der Waals surface area contributed by atoms with Crippen molar-refractivity contribution >= 4 is 23.5 Å². The maximum atomic E-state index is 12.8. The van der Waals surface area contributed by atoms with Crippen molar-refractivity contribution in [2.75, 3.05) is 5.32 Å². The molecule has 1 amide bonds. The van der Waals surface area contributed by atoms with Gasteiger partial charge in [-0.3, -0.25) is 10.1 Å². The lowest BCUT2D eigenvalue weighted by molar-refractivity contribution is 0.102. The van der Waals surface area contributed by atoms with Gasteiger partial charge in [-0.2, -0.15) is 4.39 Å². The topological polar surface area (TPSA) is 67.8 Å². The van der Waals surface area contributed by atoms with E-state index >= 15 is 0 Å². The Balaban J connectivity index is 2.17. The first kappa shape index (κ1) is 11.4. The van der Waals surface area contributed by atoms with E-state index in [1.807, 2.05) is 0 Å². The third-order valence-electron chi connectivity index (χ3n) is 1.79. The lowest BCUT2D eigenvalue weighted by Crippen LogP contribution is -2.16. The number of nitrogens with zero attached hydrogens (tertiary/aromatic N) is 3. The molecule has 17 heavy (non-hydrogen) atoms. The summed E-state index contributed by atoms with van der Waals surface area (Å²) in [6, 6.07) is 5.38. The van der Waals surface area contributed by atoms with E-state index in [-0.39, 0.29) is 16.8 Å². The van der Waals surface area contributed by atoms with E-state index < -0.39 is 11.9 Å². The smallest absolute Gasteiger partial charge is 0.276 e. The largest absolute Gasteiger partial charge is 0.289 e. The van der Waals surface area contributed by atoms with Crippen LogP contribution >= 0.6 is 11.6 Å². The van der Waals surface area contributed by atoms with Gasteiger partial charge in [0.2, 0.25) is 11.9 Å². The molecular weight excluding hydrogens is 247 g/mol. The average Bonchev–Trinajstić information content (AvgIpc) is 2.29. The number of halogens is 2. The number of anilines is 1. The number of nitrogens with one attached hydrogen (secondary N) is 1. The zero-order valence-corrected chi connectivity index (χ0v) is 9.15. The molecule has 0 aliphatic rings. The summed E-state index contributed by atoms with van der Waals surface area (Å²) in [6.45, 7) is 0. The number of carbonyl (C=O) groups is 1. The highest BCUT2D eigenvalue weighted by Crippen LogP contribution is 2.07. The molecule has 5 nitrogen and oxygen atoms in total. The Morgan fingerprint density at radius 3 is 2.82 bits per heavy atom. The fourth-order valence-corrected chi connectivity index (χ4v) is 1.23. The lowest BCUT2D eigenvalue weighted by atomic mass is 10.3. The van der Waals surface area contributed by atoms with Crippen molar-refractivity contribution in [3.63, 3.8) is 0 Å². The zero-order valence-electron chi connectivity index (χ0n) is 8.39. The number of rotatable bonds is 2. The van der Waals surface area contributed by atoms with Crippen LogP contribution in [0.25, 0.3) is 0 Å². The van der Waals surface area contributed by atoms with Crippen molar-refractivity contribution in [2.45, 2.75) is 0 Å². The molecule has 0 saturated carbocycles. The molecule has 2 rings (SSSR count). The molecule has 2 heterocycles. The highest BCUT2D eigenvalue weighted by atomic mass is 35.5. The number of aromatic nitrogens is 3. The Labute approximate surface area is 101 Å². The van der Waals surface area contributed by atoms with Crippen molar-refractivity contribution in [3.05, 3.63) is 47.3 Å². The summed E-state index contributed by atoms with van der Waals surface area (Å²) in [4.78, 5) is 22.6. The van der Waals surface area contributed by atoms with Crippen molar-refractivity contribution in [1.82, 2.24) is 15.0 Å². The number of hydrogen-bond donors (Lipinski definition) is 1.